The molecule has 5 heteroatoms. The fraction of sp³-hybridized carbons (Fsp3) is 0.900. The second-order valence-electron chi connectivity index (χ2n) is 8.76. The van der Waals surface area contributed by atoms with E-state index in [0.717, 1.165) is 31.7 Å². The fourth-order valence-corrected chi connectivity index (χ4v) is 3.90. The lowest BCUT2D eigenvalue weighted by Crippen LogP contribution is -2.42. The van der Waals surface area contributed by atoms with Gasteiger partial charge < -0.3 is 15.0 Å². The highest BCUT2D eigenvalue weighted by atomic mass is 16.6. The van der Waals surface area contributed by atoms with Gasteiger partial charge in [-0.25, -0.2) is 4.79 Å². The second-order valence-corrected chi connectivity index (χ2v) is 8.76. The topological polar surface area (TPSA) is 58.6 Å². The average Bonchev–Trinajstić information content (AvgIpc) is 3.04. The first kappa shape index (κ1) is 20.1. The van der Waals surface area contributed by atoms with Crippen molar-refractivity contribution in [3.05, 3.63) is 0 Å². The van der Waals surface area contributed by atoms with Gasteiger partial charge in [0.1, 0.15) is 5.60 Å². The highest BCUT2D eigenvalue weighted by Gasteiger charge is 2.27. The maximum absolute atomic E-state index is 12.1. The summed E-state index contributed by atoms with van der Waals surface area (Å²) in [5, 5.41) is 3.07. The molecular weight excluding hydrogens is 316 g/mol. The van der Waals surface area contributed by atoms with E-state index >= 15 is 0 Å². The van der Waals surface area contributed by atoms with Crippen LogP contribution in [-0.2, 0) is 9.53 Å². The van der Waals surface area contributed by atoms with Crippen LogP contribution in [0, 0.1) is 11.8 Å². The van der Waals surface area contributed by atoms with Gasteiger partial charge in [0, 0.05) is 26.1 Å². The number of carbonyl (C=O) groups is 2. The van der Waals surface area contributed by atoms with Crippen molar-refractivity contribution in [3.8, 4) is 0 Å². The van der Waals surface area contributed by atoms with Crippen LogP contribution in [0.3, 0.4) is 0 Å². The molecule has 0 spiro atoms. The summed E-state index contributed by atoms with van der Waals surface area (Å²) in [6.07, 6.45) is 10.0. The number of amides is 2. The number of nitrogens with zero attached hydrogens (tertiary/aromatic N) is 1. The third-order valence-electron chi connectivity index (χ3n) is 5.33. The Morgan fingerprint density at radius 3 is 2.28 bits per heavy atom. The quantitative estimate of drug-likeness (QED) is 0.732. The minimum atomic E-state index is -0.452. The van der Waals surface area contributed by atoms with Crippen LogP contribution in [0.1, 0.15) is 78.6 Å². The normalized spacial score (nSPS) is 19.9. The molecule has 2 fully saturated rings. The summed E-state index contributed by atoms with van der Waals surface area (Å²) in [6, 6.07) is 0. The van der Waals surface area contributed by atoms with Gasteiger partial charge in [-0.2, -0.15) is 0 Å². The predicted octanol–water partition coefficient (Wildman–Crippen LogP) is 4.11. The minimum Gasteiger partial charge on any atom is -0.444 e. The molecule has 0 bridgehead atoms. The highest BCUT2D eigenvalue weighted by Crippen LogP contribution is 2.28. The molecule has 0 aromatic heterocycles. The number of hydrogen-bond donors (Lipinski definition) is 1. The summed E-state index contributed by atoms with van der Waals surface area (Å²) in [5.41, 5.74) is -0.452. The smallest absolute Gasteiger partial charge is 0.410 e. The van der Waals surface area contributed by atoms with Gasteiger partial charge in [-0.3, -0.25) is 4.79 Å². The summed E-state index contributed by atoms with van der Waals surface area (Å²) in [7, 11) is 0. The van der Waals surface area contributed by atoms with E-state index in [1.807, 2.05) is 20.8 Å². The first-order valence-corrected chi connectivity index (χ1v) is 10.1. The third-order valence-corrected chi connectivity index (χ3v) is 5.33. The molecule has 1 saturated carbocycles. The number of nitrogens with one attached hydrogen (secondary N) is 1. The van der Waals surface area contributed by atoms with Gasteiger partial charge in [-0.1, -0.05) is 25.7 Å². The van der Waals surface area contributed by atoms with E-state index < -0.39 is 5.60 Å². The molecule has 2 aliphatic rings. The van der Waals surface area contributed by atoms with Crippen LogP contribution in [0.5, 0.6) is 0 Å². The molecule has 25 heavy (non-hydrogen) atoms. The second kappa shape index (κ2) is 9.44. The van der Waals surface area contributed by atoms with E-state index in [1.165, 1.54) is 32.1 Å². The van der Waals surface area contributed by atoms with Crippen LogP contribution in [0.15, 0.2) is 0 Å². The van der Waals surface area contributed by atoms with Crippen LogP contribution >= 0.6 is 0 Å². The monoisotopic (exact) mass is 352 g/mol. The summed E-state index contributed by atoms with van der Waals surface area (Å²) >= 11 is 0. The van der Waals surface area contributed by atoms with Gasteiger partial charge in [0.25, 0.3) is 0 Å². The number of piperidine rings is 1. The number of hydrogen-bond acceptors (Lipinski definition) is 3. The summed E-state index contributed by atoms with van der Waals surface area (Å²) in [6.45, 7) is 7.84. The lowest BCUT2D eigenvalue weighted by Gasteiger charge is -2.33. The van der Waals surface area contributed by atoms with Gasteiger partial charge in [-0.05, 0) is 58.3 Å². The van der Waals surface area contributed by atoms with Gasteiger partial charge >= 0.3 is 6.09 Å². The van der Waals surface area contributed by atoms with Crippen LogP contribution in [0.4, 0.5) is 4.79 Å². The zero-order valence-electron chi connectivity index (χ0n) is 16.3. The van der Waals surface area contributed by atoms with E-state index in [-0.39, 0.29) is 12.0 Å². The number of likely N-dealkylation sites (tertiary alicyclic amines) is 1. The molecule has 2 amide bonds. The molecular formula is C20H36N2O3. The van der Waals surface area contributed by atoms with Crippen molar-refractivity contribution in [1.82, 2.24) is 10.2 Å². The van der Waals surface area contributed by atoms with Gasteiger partial charge in [0.15, 0.2) is 0 Å². The molecule has 144 valence electrons. The number of carbonyl (C=O) groups excluding carboxylic acids is 2. The fourth-order valence-electron chi connectivity index (χ4n) is 3.90. The van der Waals surface area contributed by atoms with Gasteiger partial charge in [0.05, 0.1) is 0 Å². The summed E-state index contributed by atoms with van der Waals surface area (Å²) in [4.78, 5) is 25.9. The van der Waals surface area contributed by atoms with Crippen LogP contribution in [0.25, 0.3) is 0 Å². The molecule has 0 aromatic carbocycles. The highest BCUT2D eigenvalue weighted by molar-refractivity contribution is 5.76. The van der Waals surface area contributed by atoms with Crippen LogP contribution in [-0.4, -0.2) is 42.1 Å². The Hall–Kier alpha value is -1.26. The van der Waals surface area contributed by atoms with E-state index in [2.05, 4.69) is 5.32 Å². The largest absolute Gasteiger partial charge is 0.444 e. The lowest BCUT2D eigenvalue weighted by atomic mass is 9.93. The summed E-state index contributed by atoms with van der Waals surface area (Å²) < 4.78 is 5.41. The number of rotatable bonds is 6. The Kier molecular flexibility index (Phi) is 7.57. The van der Waals surface area contributed by atoms with E-state index in [1.54, 1.807) is 4.90 Å². The van der Waals surface area contributed by atoms with Crippen molar-refractivity contribution in [1.29, 1.82) is 0 Å². The average molecular weight is 353 g/mol. The molecule has 0 aromatic rings. The maximum Gasteiger partial charge on any atom is 0.410 e. The van der Waals surface area contributed by atoms with Crippen LogP contribution in [0.2, 0.25) is 0 Å². The Morgan fingerprint density at radius 1 is 1.04 bits per heavy atom. The molecule has 0 unspecified atom stereocenters. The molecule has 1 saturated heterocycles. The standard InChI is InChI=1S/C20H36N2O3/c1-20(2,3)25-19(24)22-13-10-17(11-14-22)15-18(23)21-12-6-9-16-7-4-5-8-16/h16-17H,4-15H2,1-3H3,(H,21,23). The number of ether oxygens (including phenoxy) is 1. The SMILES string of the molecule is CC(C)(C)OC(=O)N1CCC(CC(=O)NCCCC2CCCC2)CC1. The molecule has 1 aliphatic carbocycles. The Labute approximate surface area is 152 Å². The molecule has 1 heterocycles. The predicted molar refractivity (Wildman–Crippen MR) is 99.3 cm³/mol. The Bertz CT molecular complexity index is 431. The van der Waals surface area contributed by atoms with Crippen molar-refractivity contribution in [2.24, 2.45) is 11.8 Å². The van der Waals surface area contributed by atoms with Gasteiger partial charge in [-0.15, -0.1) is 0 Å². The maximum atomic E-state index is 12.1. The van der Waals surface area contributed by atoms with Crippen molar-refractivity contribution in [2.75, 3.05) is 19.6 Å². The summed E-state index contributed by atoms with van der Waals surface area (Å²) in [5.74, 6) is 1.45. The van der Waals surface area contributed by atoms with Crippen molar-refractivity contribution in [2.45, 2.75) is 84.2 Å². The Balaban J connectivity index is 1.56. The zero-order valence-corrected chi connectivity index (χ0v) is 16.3. The van der Waals surface area contributed by atoms with E-state index in [0.29, 0.717) is 25.4 Å². The Morgan fingerprint density at radius 2 is 1.68 bits per heavy atom. The molecule has 5 nitrogen and oxygen atoms in total. The molecule has 1 N–H and O–H groups in total. The first-order chi connectivity index (χ1) is 11.8. The van der Waals surface area contributed by atoms with Crippen molar-refractivity contribution >= 4 is 12.0 Å². The van der Waals surface area contributed by atoms with Crippen LogP contribution < -0.4 is 5.32 Å². The molecule has 2 rings (SSSR count). The van der Waals surface area contributed by atoms with Crippen molar-refractivity contribution < 1.29 is 14.3 Å². The minimum absolute atomic E-state index is 0.169. The third kappa shape index (κ3) is 7.66. The van der Waals surface area contributed by atoms with E-state index in [4.69, 9.17) is 4.74 Å². The molecule has 1 aliphatic heterocycles. The van der Waals surface area contributed by atoms with Gasteiger partial charge in [0.2, 0.25) is 5.91 Å². The van der Waals surface area contributed by atoms with E-state index in [9.17, 15) is 9.59 Å². The zero-order chi connectivity index (χ0) is 18.3. The van der Waals surface area contributed by atoms with Crippen molar-refractivity contribution in [3.63, 3.8) is 0 Å². The first-order valence-electron chi connectivity index (χ1n) is 10.1. The lowest BCUT2D eigenvalue weighted by molar-refractivity contribution is -0.122. The molecule has 0 atom stereocenters. The molecule has 0 radical (unpaired) electrons.